The molecule has 0 aliphatic rings. The second-order valence-electron chi connectivity index (χ2n) is 18.8. The van der Waals surface area contributed by atoms with Gasteiger partial charge in [0.1, 0.15) is 0 Å². The van der Waals surface area contributed by atoms with E-state index in [1.165, 1.54) is 150 Å². The lowest BCUT2D eigenvalue weighted by atomic mass is 10.1. The quantitative estimate of drug-likeness (QED) is 0.0532. The van der Waals surface area contributed by atoms with Crippen molar-refractivity contribution < 1.29 is 14.4 Å². The lowest BCUT2D eigenvalue weighted by Gasteiger charge is -1.98. The van der Waals surface area contributed by atoms with Gasteiger partial charge in [0, 0.05) is 110 Å². The zero-order valence-electron chi connectivity index (χ0n) is 41.3. The van der Waals surface area contributed by atoms with Crippen LogP contribution < -0.4 is 0 Å². The molecule has 0 bridgehead atoms. The maximum Gasteiger partial charge on any atom is 0.172 e. The fourth-order valence-electron chi connectivity index (χ4n) is 9.91. The largest absolute Gasteiger partial charge is 0.293 e. The van der Waals surface area contributed by atoms with Crippen LogP contribution in [0.1, 0.15) is 165 Å². The van der Waals surface area contributed by atoms with Crippen molar-refractivity contribution in [3.63, 3.8) is 0 Å². The lowest BCUT2D eigenvalue weighted by molar-refractivity contribution is 0.0975. The van der Waals surface area contributed by atoms with Crippen molar-refractivity contribution in [1.29, 1.82) is 0 Å². The average molecular weight is 1120 g/mol. The maximum atomic E-state index is 12.9. The van der Waals surface area contributed by atoms with Gasteiger partial charge in [0.05, 0.1) is 14.6 Å². The number of fused-ring (bicyclic) bond motifs is 18. The highest BCUT2D eigenvalue weighted by Gasteiger charge is 2.21. The van der Waals surface area contributed by atoms with Crippen LogP contribution in [0.5, 0.6) is 0 Å². The molecular formula is C60H60O3S9. The van der Waals surface area contributed by atoms with Crippen molar-refractivity contribution in [3.05, 3.63) is 102 Å². The maximum absolute atomic E-state index is 12.9. The van der Waals surface area contributed by atoms with Crippen LogP contribution in [0.3, 0.4) is 0 Å². The van der Waals surface area contributed by atoms with Crippen molar-refractivity contribution in [2.75, 3.05) is 0 Å². The van der Waals surface area contributed by atoms with Crippen LogP contribution in [0.25, 0.3) is 90.8 Å². The second-order valence-corrected chi connectivity index (χ2v) is 27.5. The second kappa shape index (κ2) is 24.3. The molecule has 3 nitrogen and oxygen atoms in total. The lowest BCUT2D eigenvalue weighted by Crippen LogP contribution is -1.95. The first-order valence-corrected chi connectivity index (χ1v) is 33.6. The average Bonchev–Trinajstić information content (AvgIpc) is 4.23. The number of carbonyl (C=O) groups is 3. The van der Waals surface area contributed by atoms with E-state index in [1.54, 1.807) is 68.0 Å². The van der Waals surface area contributed by atoms with Crippen LogP contribution in [0, 0.1) is 0 Å². The first-order valence-electron chi connectivity index (χ1n) is 25.9. The molecule has 12 aromatic rings. The molecule has 0 N–H and O–H groups in total. The van der Waals surface area contributed by atoms with Crippen LogP contribution in [-0.4, -0.2) is 17.3 Å². The number of unbranched alkanes of at least 4 members (excludes halogenated alkanes) is 12. The molecule has 12 heteroatoms. The summed E-state index contributed by atoms with van der Waals surface area (Å²) >= 11 is 15.8. The van der Waals surface area contributed by atoms with Crippen LogP contribution in [0.4, 0.5) is 0 Å². The highest BCUT2D eigenvalue weighted by atomic mass is 32.1. The highest BCUT2D eigenvalue weighted by Crippen LogP contribution is 2.47. The van der Waals surface area contributed by atoms with Crippen LogP contribution in [0.15, 0.2) is 86.9 Å². The van der Waals surface area contributed by atoms with E-state index in [4.69, 9.17) is 0 Å². The minimum atomic E-state index is 0.268. The Hall–Kier alpha value is -3.69. The van der Waals surface area contributed by atoms with Crippen LogP contribution in [0.2, 0.25) is 0 Å². The van der Waals surface area contributed by atoms with E-state index in [-0.39, 0.29) is 11.6 Å². The molecule has 0 radical (unpaired) electrons. The van der Waals surface area contributed by atoms with Gasteiger partial charge in [-0.3, -0.25) is 14.4 Å². The molecule has 0 unspecified atom stereocenters. The van der Waals surface area contributed by atoms with Gasteiger partial charge in [-0.2, -0.15) is 0 Å². The van der Waals surface area contributed by atoms with E-state index < -0.39 is 0 Å². The third-order valence-electron chi connectivity index (χ3n) is 13.7. The third kappa shape index (κ3) is 10.9. The Bertz CT molecular complexity index is 3430. The molecule has 372 valence electrons. The standard InChI is InChI=1S/C28H34O2S3.C20H20OS3.C12H6S3/c1-3-5-7-9-11-13-22(29)24-17-20-26-19(15-16-31-26)27-21(28(20)33-24)18-25(32-27)23(30)14-12-10-8-6-4-2;1-2-3-4-5-6-7-16(21)17-12-15-19-13(8-10-23-19)18-14(9-11-22-18)20(15)24-17;1-4-13-10-7(1)11-9(2-5-14-11)12-8(10)3-6-15-12/h15-18H,3-14H2,1-2H3;8-12H,2-7H2,1H3;1-6H. The number of rotatable bonds is 21. The predicted octanol–water partition coefficient (Wildman–Crippen LogP) is 23.6. The molecule has 0 saturated carbocycles. The normalized spacial score (nSPS) is 11.9. The van der Waals surface area contributed by atoms with Crippen molar-refractivity contribution in [3.8, 4) is 0 Å². The Labute approximate surface area is 458 Å². The summed E-state index contributed by atoms with van der Waals surface area (Å²) in [4.78, 5) is 41.1. The van der Waals surface area contributed by atoms with E-state index >= 15 is 0 Å². The summed E-state index contributed by atoms with van der Waals surface area (Å²) in [5.74, 6) is 0.856. The summed E-state index contributed by atoms with van der Waals surface area (Å²) in [5.41, 5.74) is 0. The van der Waals surface area contributed by atoms with Crippen LogP contribution >= 0.6 is 102 Å². The van der Waals surface area contributed by atoms with Gasteiger partial charge in [0.2, 0.25) is 0 Å². The highest BCUT2D eigenvalue weighted by molar-refractivity contribution is 7.28. The molecule has 0 aliphatic heterocycles. The Morgan fingerprint density at radius 2 is 0.514 bits per heavy atom. The van der Waals surface area contributed by atoms with Gasteiger partial charge >= 0.3 is 0 Å². The minimum Gasteiger partial charge on any atom is -0.293 e. The number of thiophene rings is 9. The van der Waals surface area contributed by atoms with Gasteiger partial charge in [0.25, 0.3) is 0 Å². The summed E-state index contributed by atoms with van der Waals surface area (Å²) in [5, 5.41) is 24.8. The molecular weight excluding hydrogens is 1060 g/mol. The van der Waals surface area contributed by atoms with Gasteiger partial charge in [-0.25, -0.2) is 0 Å². The molecule has 0 spiro atoms. The number of benzene rings is 3. The van der Waals surface area contributed by atoms with Crippen molar-refractivity contribution in [2.45, 2.75) is 136 Å². The molecule has 0 saturated heterocycles. The topological polar surface area (TPSA) is 51.2 Å². The monoisotopic (exact) mass is 1120 g/mol. The van der Waals surface area contributed by atoms with E-state index in [1.807, 2.05) is 34.0 Å². The van der Waals surface area contributed by atoms with Gasteiger partial charge in [-0.05, 0) is 106 Å². The Morgan fingerprint density at radius 3 is 0.792 bits per heavy atom. The van der Waals surface area contributed by atoms with Gasteiger partial charge in [-0.1, -0.05) is 97.8 Å². The first kappa shape index (κ1) is 51.8. The van der Waals surface area contributed by atoms with E-state index in [0.29, 0.717) is 25.0 Å². The van der Waals surface area contributed by atoms with Crippen molar-refractivity contribution in [1.82, 2.24) is 0 Å². The Balaban J connectivity index is 0.000000133. The smallest absolute Gasteiger partial charge is 0.172 e. The molecule has 3 aromatic carbocycles. The molecule has 0 atom stereocenters. The van der Waals surface area contributed by atoms with Crippen molar-refractivity contribution >= 4 is 210 Å². The van der Waals surface area contributed by atoms with E-state index in [2.05, 4.69) is 108 Å². The van der Waals surface area contributed by atoms with E-state index in [9.17, 15) is 14.4 Å². The molecule has 0 fully saturated rings. The van der Waals surface area contributed by atoms with Gasteiger partial charge in [0.15, 0.2) is 17.3 Å². The summed E-state index contributed by atoms with van der Waals surface area (Å²) < 4.78 is 11.9. The molecule has 9 aromatic heterocycles. The summed E-state index contributed by atoms with van der Waals surface area (Å²) in [6, 6.07) is 19.7. The number of carbonyl (C=O) groups excluding carboxylic acids is 3. The Kier molecular flexibility index (Phi) is 17.5. The SMILES string of the molecule is CCCCCCCC(=O)c1cc2c(s1)c1ccsc1c1cc(C(=O)CCCCCCC)sc12.CCCCCCCC(=O)c1cc2c3sccc3c3sccc3c2s1.c1cc2c(s1)c1ccsc1c1ccsc21. The van der Waals surface area contributed by atoms with Crippen molar-refractivity contribution in [2.24, 2.45) is 0 Å². The summed E-state index contributed by atoms with van der Waals surface area (Å²) in [6.07, 6.45) is 19.6. The fourth-order valence-corrected chi connectivity index (χ4v) is 19.6. The Morgan fingerprint density at radius 1 is 0.292 bits per heavy atom. The molecule has 0 amide bonds. The molecule has 9 heterocycles. The fraction of sp³-hybridized carbons (Fsp3) is 0.350. The van der Waals surface area contributed by atoms with Crippen LogP contribution in [-0.2, 0) is 0 Å². The summed E-state index contributed by atoms with van der Waals surface area (Å²) in [6.45, 7) is 6.65. The third-order valence-corrected chi connectivity index (χ3v) is 23.1. The molecule has 0 aliphatic carbocycles. The predicted molar refractivity (Wildman–Crippen MR) is 331 cm³/mol. The molecule has 12 rings (SSSR count). The van der Waals surface area contributed by atoms with E-state index in [0.717, 1.165) is 52.1 Å². The number of Topliss-reactive ketones (excluding diaryl/α,β-unsaturated/α-hetero) is 3. The molecule has 72 heavy (non-hydrogen) atoms. The first-order chi connectivity index (χ1) is 35.4. The number of ketones is 3. The zero-order valence-corrected chi connectivity index (χ0v) is 48.6. The number of hydrogen-bond acceptors (Lipinski definition) is 12. The number of hydrogen-bond donors (Lipinski definition) is 0. The van der Waals surface area contributed by atoms with Gasteiger partial charge in [-0.15, -0.1) is 102 Å². The summed E-state index contributed by atoms with van der Waals surface area (Å²) in [7, 11) is 0. The minimum absolute atomic E-state index is 0.268. The zero-order chi connectivity index (χ0) is 49.6. The van der Waals surface area contributed by atoms with Gasteiger partial charge < -0.3 is 0 Å².